The Kier molecular flexibility index (Phi) is 3.02. The average Bonchev–Trinajstić information content (AvgIpc) is 2.41. The summed E-state index contributed by atoms with van der Waals surface area (Å²) in [5, 5.41) is 1.07. The Morgan fingerprint density at radius 2 is 1.94 bits per heavy atom. The minimum absolute atomic E-state index is 0.380. The molecular weight excluding hydrogens is 227 g/mol. The third kappa shape index (κ3) is 2.22. The van der Waals surface area contributed by atoms with Gasteiger partial charge in [0, 0.05) is 0 Å². The zero-order valence-corrected chi connectivity index (χ0v) is 11.9. The van der Waals surface area contributed by atoms with Crippen molar-refractivity contribution in [3.8, 4) is 0 Å². The molecule has 1 saturated heterocycles. The van der Waals surface area contributed by atoms with E-state index < -0.39 is 0 Å². The number of nitrogens with two attached hydrogens (primary N) is 1. The van der Waals surface area contributed by atoms with Crippen molar-refractivity contribution in [2.75, 3.05) is 5.73 Å². The molecule has 0 unspecified atom stereocenters. The maximum atomic E-state index is 6.11. The number of nitrogen functional groups attached to an aromatic ring is 1. The van der Waals surface area contributed by atoms with E-state index in [2.05, 4.69) is 33.8 Å². The normalized spacial score (nSPS) is 21.4. The van der Waals surface area contributed by atoms with Crippen molar-refractivity contribution < 1.29 is 0 Å². The van der Waals surface area contributed by atoms with Gasteiger partial charge in [0.1, 0.15) is 13.8 Å². The van der Waals surface area contributed by atoms with Gasteiger partial charge >= 0.3 is 0 Å². The molecule has 0 aromatic heterocycles. The Bertz CT molecular complexity index is 427. The summed E-state index contributed by atoms with van der Waals surface area (Å²) >= 11 is 6.11. The molecule has 17 heavy (non-hydrogen) atoms. The zero-order chi connectivity index (χ0) is 12.8. The summed E-state index contributed by atoms with van der Waals surface area (Å²) in [5.41, 5.74) is 8.15. The van der Waals surface area contributed by atoms with Crippen LogP contribution in [0.4, 0.5) is 5.69 Å². The van der Waals surface area contributed by atoms with Gasteiger partial charge in [0.25, 0.3) is 0 Å². The molecule has 1 fully saturated rings. The molecule has 0 bridgehead atoms. The molecule has 1 aromatic rings. The lowest BCUT2D eigenvalue weighted by molar-refractivity contribution is 0.310. The second kappa shape index (κ2) is 3.98. The van der Waals surface area contributed by atoms with Crippen LogP contribution in [0.5, 0.6) is 0 Å². The van der Waals surface area contributed by atoms with E-state index in [1.54, 1.807) is 0 Å². The van der Waals surface area contributed by atoms with E-state index in [4.69, 9.17) is 17.3 Å². The summed E-state index contributed by atoms with van der Waals surface area (Å²) in [6.45, 7) is 10.1. The van der Waals surface area contributed by atoms with Gasteiger partial charge in [-0.3, -0.25) is 0 Å². The standard InChI is InChI=1S/C13H20B2ClN/c1-12(2)8-15(14-13(12,3)4)9-5-6-11(17)10(16)7-9/h5-7,14H,8,17H2,1-4H3. The Morgan fingerprint density at radius 1 is 1.29 bits per heavy atom. The second-order valence-electron chi connectivity index (χ2n) is 6.65. The van der Waals surface area contributed by atoms with E-state index >= 15 is 0 Å². The van der Waals surface area contributed by atoms with Gasteiger partial charge in [-0.15, -0.1) is 0 Å². The van der Waals surface area contributed by atoms with Gasteiger partial charge in [-0.2, -0.15) is 0 Å². The van der Waals surface area contributed by atoms with Crippen molar-refractivity contribution in [2.45, 2.75) is 39.3 Å². The highest BCUT2D eigenvalue weighted by molar-refractivity contribution is 7.21. The highest BCUT2D eigenvalue weighted by Crippen LogP contribution is 2.53. The summed E-state index contributed by atoms with van der Waals surface area (Å²) in [7, 11) is 1.22. The molecular formula is C13H20B2ClN. The average molecular weight is 247 g/mol. The first-order valence-corrected chi connectivity index (χ1v) is 6.66. The molecule has 2 rings (SSSR count). The number of rotatable bonds is 1. The van der Waals surface area contributed by atoms with Crippen LogP contribution < -0.4 is 11.2 Å². The predicted molar refractivity (Wildman–Crippen MR) is 81.0 cm³/mol. The quantitative estimate of drug-likeness (QED) is 0.599. The molecule has 4 heteroatoms. The van der Waals surface area contributed by atoms with Crippen LogP contribution in [0.1, 0.15) is 27.7 Å². The van der Waals surface area contributed by atoms with Gasteiger partial charge in [0.15, 0.2) is 0 Å². The number of benzene rings is 1. The highest BCUT2D eigenvalue weighted by Gasteiger charge is 2.48. The van der Waals surface area contributed by atoms with Crippen molar-refractivity contribution in [1.29, 1.82) is 0 Å². The number of hydrogen-bond acceptors (Lipinski definition) is 1. The first-order valence-electron chi connectivity index (χ1n) is 6.28. The lowest BCUT2D eigenvalue weighted by atomic mass is 9.17. The van der Waals surface area contributed by atoms with Crippen LogP contribution in [0.25, 0.3) is 0 Å². The monoisotopic (exact) mass is 247 g/mol. The lowest BCUT2D eigenvalue weighted by Crippen LogP contribution is -2.34. The summed E-state index contributed by atoms with van der Waals surface area (Å²) in [4.78, 5) is 0. The molecule has 0 atom stereocenters. The molecule has 1 aromatic carbocycles. The van der Waals surface area contributed by atoms with E-state index in [1.807, 2.05) is 12.1 Å². The molecule has 2 N–H and O–H groups in total. The highest BCUT2D eigenvalue weighted by atomic mass is 35.5. The van der Waals surface area contributed by atoms with Crippen molar-refractivity contribution in [2.24, 2.45) is 5.41 Å². The van der Waals surface area contributed by atoms with Crippen LogP contribution >= 0.6 is 11.6 Å². The predicted octanol–water partition coefficient (Wildman–Crippen LogP) is 2.80. The Labute approximate surface area is 110 Å². The molecule has 0 saturated carbocycles. The van der Waals surface area contributed by atoms with Gasteiger partial charge in [0.2, 0.25) is 0 Å². The summed E-state index contributed by atoms with van der Waals surface area (Å²) in [6.07, 6.45) is 1.22. The largest absolute Gasteiger partial charge is 0.398 e. The van der Waals surface area contributed by atoms with Crippen LogP contribution in [0.15, 0.2) is 18.2 Å². The summed E-state index contributed by atoms with van der Waals surface area (Å²) in [5.74, 6) is 0. The minimum atomic E-state index is 0.380. The van der Waals surface area contributed by atoms with E-state index in [0.29, 0.717) is 28.0 Å². The Morgan fingerprint density at radius 3 is 2.41 bits per heavy atom. The molecule has 1 heterocycles. The molecule has 1 aliphatic rings. The van der Waals surface area contributed by atoms with E-state index in [9.17, 15) is 0 Å². The van der Waals surface area contributed by atoms with Gasteiger partial charge < -0.3 is 5.73 Å². The number of halogens is 1. The topological polar surface area (TPSA) is 26.0 Å². The molecule has 0 spiro atoms. The molecule has 90 valence electrons. The van der Waals surface area contributed by atoms with Crippen molar-refractivity contribution in [3.63, 3.8) is 0 Å². The van der Waals surface area contributed by atoms with E-state index in [1.165, 1.54) is 19.0 Å². The summed E-state index contributed by atoms with van der Waals surface area (Å²) in [6, 6.07) is 6.10. The molecule has 1 aliphatic heterocycles. The van der Waals surface area contributed by atoms with E-state index in [-0.39, 0.29) is 0 Å². The molecule has 0 radical (unpaired) electrons. The summed E-state index contributed by atoms with van der Waals surface area (Å²) < 4.78 is 0. The van der Waals surface area contributed by atoms with Gasteiger partial charge in [-0.1, -0.05) is 62.5 Å². The molecule has 0 amide bonds. The van der Waals surface area contributed by atoms with Crippen LogP contribution in [0, 0.1) is 5.41 Å². The zero-order valence-electron chi connectivity index (χ0n) is 11.2. The van der Waals surface area contributed by atoms with Crippen LogP contribution in [0.3, 0.4) is 0 Å². The fourth-order valence-corrected chi connectivity index (χ4v) is 3.08. The first kappa shape index (κ1) is 12.9. The molecule has 1 nitrogen and oxygen atoms in total. The van der Waals surface area contributed by atoms with Gasteiger partial charge in [-0.05, 0) is 17.5 Å². The maximum Gasteiger partial charge on any atom is 0.142 e. The van der Waals surface area contributed by atoms with Crippen LogP contribution in [-0.2, 0) is 0 Å². The van der Waals surface area contributed by atoms with Crippen LogP contribution in [-0.4, -0.2) is 13.8 Å². The van der Waals surface area contributed by atoms with Gasteiger partial charge in [0.05, 0.1) is 10.7 Å². The fraction of sp³-hybridized carbons (Fsp3) is 0.538. The Balaban J connectivity index is 2.29. The number of anilines is 1. The van der Waals surface area contributed by atoms with Crippen molar-refractivity contribution in [3.05, 3.63) is 23.2 Å². The third-order valence-corrected chi connectivity index (χ3v) is 5.17. The van der Waals surface area contributed by atoms with E-state index in [0.717, 1.165) is 0 Å². The van der Waals surface area contributed by atoms with Crippen molar-refractivity contribution >= 4 is 36.5 Å². The minimum Gasteiger partial charge on any atom is -0.398 e. The lowest BCUT2D eigenvalue weighted by Gasteiger charge is -2.35. The maximum absolute atomic E-state index is 6.11. The fourth-order valence-electron chi connectivity index (χ4n) is 2.89. The molecule has 0 aliphatic carbocycles. The van der Waals surface area contributed by atoms with Crippen molar-refractivity contribution in [1.82, 2.24) is 0 Å². The van der Waals surface area contributed by atoms with Crippen LogP contribution in [0.2, 0.25) is 16.7 Å². The van der Waals surface area contributed by atoms with Gasteiger partial charge in [-0.25, -0.2) is 0 Å². The Hall–Kier alpha value is -0.560. The second-order valence-corrected chi connectivity index (χ2v) is 7.06. The number of hydrogen-bond donors (Lipinski definition) is 1. The first-order chi connectivity index (χ1) is 7.73. The smallest absolute Gasteiger partial charge is 0.142 e. The SMILES string of the molecule is CC1(C)BB(c2ccc(N)c(Cl)c2)CC1(C)C. The third-order valence-electron chi connectivity index (χ3n) is 4.84.